The molecule has 2 unspecified atom stereocenters. The molecule has 0 radical (unpaired) electrons. The number of aliphatic hydroxyl groups is 2. The highest BCUT2D eigenvalue weighted by molar-refractivity contribution is 6.01. The number of allylic oxidation sites excluding steroid dienone is 1. The molecule has 10 heteroatoms. The summed E-state index contributed by atoms with van der Waals surface area (Å²) < 4.78 is 23.5. The number of aliphatic hydroxyl groups excluding tert-OH is 2. The lowest BCUT2D eigenvalue weighted by molar-refractivity contribution is 0.0948. The summed E-state index contributed by atoms with van der Waals surface area (Å²) in [6, 6.07) is 5.36. The van der Waals surface area contributed by atoms with Crippen LogP contribution in [0.5, 0.6) is 11.5 Å². The standard InChI is InChI=1S/C30H33FN4O5/c1-34-10-4-7-19(34)8-9-32-30(39)22-15-35-24-11-17-5-2-3-6-18(17)12-25(24)40-29-26(33-14-20(37)16-36)23(31)13-21(27(29)35)28(22)38/h2,5,11-13,15,19-20,33,36-37H,3-4,6-10,14,16H2,1H3,(H,32,39). The third kappa shape index (κ3) is 4.66. The van der Waals surface area contributed by atoms with Crippen LogP contribution in [0, 0.1) is 5.82 Å². The second kappa shape index (κ2) is 10.7. The predicted octanol–water partition coefficient (Wildman–Crippen LogP) is 3.17. The van der Waals surface area contributed by atoms with Gasteiger partial charge in [0, 0.05) is 25.3 Å². The van der Waals surface area contributed by atoms with Crippen LogP contribution in [0.3, 0.4) is 0 Å². The summed E-state index contributed by atoms with van der Waals surface area (Å²) in [6.45, 7) is 0.843. The van der Waals surface area contributed by atoms with E-state index in [9.17, 15) is 19.8 Å². The number of carbonyl (C=O) groups excluding carboxylic acids is 1. The highest BCUT2D eigenvalue weighted by Gasteiger charge is 2.30. The molecule has 1 saturated heterocycles. The number of rotatable bonds is 8. The zero-order valence-electron chi connectivity index (χ0n) is 22.4. The molecule has 40 heavy (non-hydrogen) atoms. The first-order valence-corrected chi connectivity index (χ1v) is 13.8. The molecule has 1 amide bonds. The molecular formula is C30H33FN4O5. The number of halogens is 1. The predicted molar refractivity (Wildman–Crippen MR) is 151 cm³/mol. The second-order valence-electron chi connectivity index (χ2n) is 10.8. The fourth-order valence-corrected chi connectivity index (χ4v) is 5.95. The molecule has 1 aromatic heterocycles. The average molecular weight is 549 g/mol. The van der Waals surface area contributed by atoms with Crippen LogP contribution in [-0.4, -0.2) is 71.0 Å². The van der Waals surface area contributed by atoms with Crippen LogP contribution in [0.4, 0.5) is 10.1 Å². The van der Waals surface area contributed by atoms with Gasteiger partial charge in [-0.15, -0.1) is 0 Å². The van der Waals surface area contributed by atoms with E-state index in [1.807, 2.05) is 18.2 Å². The SMILES string of the molecule is CN1CCCC1CCNC(=O)c1cn2c3c(c(NCC(O)CO)c(F)cc3c1=O)Oc1cc3c(cc1-2)C=CCC3. The Morgan fingerprint density at radius 1 is 1.30 bits per heavy atom. The molecule has 9 nitrogen and oxygen atoms in total. The molecule has 3 aliphatic rings. The summed E-state index contributed by atoms with van der Waals surface area (Å²) in [5.74, 6) is -0.703. The van der Waals surface area contributed by atoms with Gasteiger partial charge in [0.15, 0.2) is 17.3 Å². The number of amides is 1. The summed E-state index contributed by atoms with van der Waals surface area (Å²) in [4.78, 5) is 29.2. The second-order valence-corrected chi connectivity index (χ2v) is 10.8. The number of likely N-dealkylation sites (tertiary alicyclic amines) is 1. The van der Waals surface area contributed by atoms with E-state index < -0.39 is 29.9 Å². The van der Waals surface area contributed by atoms with Crippen molar-refractivity contribution < 1.29 is 24.1 Å². The summed E-state index contributed by atoms with van der Waals surface area (Å²) in [6.07, 6.45) is 9.25. The lowest BCUT2D eigenvalue weighted by atomic mass is 9.95. The van der Waals surface area contributed by atoms with Gasteiger partial charge in [0.25, 0.3) is 5.91 Å². The van der Waals surface area contributed by atoms with Gasteiger partial charge in [-0.2, -0.15) is 0 Å². The van der Waals surface area contributed by atoms with Crippen LogP contribution in [0.2, 0.25) is 0 Å². The molecular weight excluding hydrogens is 515 g/mol. The average Bonchev–Trinajstić information content (AvgIpc) is 3.36. The van der Waals surface area contributed by atoms with Crippen molar-refractivity contribution in [2.75, 3.05) is 38.6 Å². The largest absolute Gasteiger partial charge is 0.451 e. The number of hydrogen-bond acceptors (Lipinski definition) is 7. The van der Waals surface area contributed by atoms with Gasteiger partial charge in [0.2, 0.25) is 5.43 Å². The minimum atomic E-state index is -1.12. The van der Waals surface area contributed by atoms with Crippen LogP contribution in [-0.2, 0) is 6.42 Å². The Bertz CT molecular complexity index is 1580. The number of nitrogens with one attached hydrogen (secondary N) is 2. The van der Waals surface area contributed by atoms with Gasteiger partial charge in [0.05, 0.1) is 23.8 Å². The number of nitrogens with zero attached hydrogens (tertiary/aromatic N) is 2. The van der Waals surface area contributed by atoms with Crippen LogP contribution < -0.4 is 20.8 Å². The number of carbonyl (C=O) groups is 1. The van der Waals surface area contributed by atoms with Crippen LogP contribution >= 0.6 is 0 Å². The number of fused-ring (bicyclic) bond motifs is 3. The third-order valence-electron chi connectivity index (χ3n) is 8.17. The molecule has 4 N–H and O–H groups in total. The van der Waals surface area contributed by atoms with Crippen LogP contribution in [0.15, 0.2) is 35.3 Å². The van der Waals surface area contributed by atoms with Crippen molar-refractivity contribution in [2.45, 2.75) is 44.2 Å². The first-order valence-electron chi connectivity index (χ1n) is 13.8. The fourth-order valence-electron chi connectivity index (χ4n) is 5.95. The van der Waals surface area contributed by atoms with E-state index in [4.69, 9.17) is 4.74 Å². The molecule has 3 aromatic rings. The highest BCUT2D eigenvalue weighted by Crippen LogP contribution is 2.46. The van der Waals surface area contributed by atoms with Gasteiger partial charge in [-0.1, -0.05) is 12.2 Å². The maximum Gasteiger partial charge on any atom is 0.256 e. The van der Waals surface area contributed by atoms with E-state index in [0.717, 1.165) is 55.8 Å². The summed E-state index contributed by atoms with van der Waals surface area (Å²) in [5, 5.41) is 24.8. The van der Waals surface area contributed by atoms with E-state index in [0.29, 0.717) is 29.5 Å². The van der Waals surface area contributed by atoms with Gasteiger partial charge in [-0.05, 0) is 75.0 Å². The number of pyridine rings is 1. The number of hydrogen-bond donors (Lipinski definition) is 4. The molecule has 0 bridgehead atoms. The topological polar surface area (TPSA) is 116 Å². The number of aromatic nitrogens is 1. The van der Waals surface area contributed by atoms with Crippen molar-refractivity contribution in [3.8, 4) is 17.2 Å². The fraction of sp³-hybridized carbons (Fsp3) is 0.400. The molecule has 2 atom stereocenters. The smallest absolute Gasteiger partial charge is 0.256 e. The summed E-state index contributed by atoms with van der Waals surface area (Å²) in [7, 11) is 2.08. The normalized spacial score (nSPS) is 18.2. The van der Waals surface area contributed by atoms with Gasteiger partial charge in [-0.3, -0.25) is 9.59 Å². The van der Waals surface area contributed by atoms with Crippen molar-refractivity contribution in [3.63, 3.8) is 0 Å². The molecule has 1 aliphatic carbocycles. The Hall–Kier alpha value is -3.73. The maximum absolute atomic E-state index is 15.5. The van der Waals surface area contributed by atoms with E-state index in [-0.39, 0.29) is 28.9 Å². The molecule has 6 rings (SSSR count). The van der Waals surface area contributed by atoms with Crippen LogP contribution in [0.1, 0.15) is 47.2 Å². The first-order chi connectivity index (χ1) is 19.4. The van der Waals surface area contributed by atoms with Crippen LogP contribution in [0.25, 0.3) is 22.7 Å². The Kier molecular flexibility index (Phi) is 7.07. The number of benzene rings is 2. The quantitative estimate of drug-likeness (QED) is 0.267. The van der Waals surface area contributed by atoms with Crippen molar-refractivity contribution in [1.29, 1.82) is 0 Å². The zero-order chi connectivity index (χ0) is 28.0. The number of aryl methyl sites for hydroxylation is 1. The molecule has 1 fully saturated rings. The Labute approximate surface area is 230 Å². The van der Waals surface area contributed by atoms with E-state index in [2.05, 4.69) is 28.7 Å². The van der Waals surface area contributed by atoms with E-state index in [1.54, 1.807) is 4.57 Å². The number of anilines is 1. The van der Waals surface area contributed by atoms with Crippen molar-refractivity contribution in [1.82, 2.24) is 14.8 Å². The van der Waals surface area contributed by atoms with Gasteiger partial charge >= 0.3 is 0 Å². The first kappa shape index (κ1) is 26.5. The summed E-state index contributed by atoms with van der Waals surface area (Å²) in [5.41, 5.74) is 2.36. The monoisotopic (exact) mass is 548 g/mol. The maximum atomic E-state index is 15.5. The molecule has 2 aliphatic heterocycles. The molecule has 3 heterocycles. The van der Waals surface area contributed by atoms with Crippen molar-refractivity contribution in [3.05, 3.63) is 63.2 Å². The number of ether oxygens (including phenoxy) is 1. The molecule has 0 spiro atoms. The van der Waals surface area contributed by atoms with Crippen molar-refractivity contribution in [2.24, 2.45) is 0 Å². The Morgan fingerprint density at radius 3 is 2.92 bits per heavy atom. The van der Waals surface area contributed by atoms with Crippen molar-refractivity contribution >= 4 is 28.6 Å². The highest BCUT2D eigenvalue weighted by atomic mass is 19.1. The molecule has 0 saturated carbocycles. The van der Waals surface area contributed by atoms with E-state index >= 15 is 4.39 Å². The lowest BCUT2D eigenvalue weighted by Gasteiger charge is -2.28. The molecule has 210 valence electrons. The van der Waals surface area contributed by atoms with Gasteiger partial charge < -0.3 is 35.1 Å². The van der Waals surface area contributed by atoms with Gasteiger partial charge in [-0.25, -0.2) is 4.39 Å². The Balaban J connectivity index is 1.45. The summed E-state index contributed by atoms with van der Waals surface area (Å²) >= 11 is 0. The minimum Gasteiger partial charge on any atom is -0.451 e. The minimum absolute atomic E-state index is 0.0165. The van der Waals surface area contributed by atoms with Gasteiger partial charge in [0.1, 0.15) is 16.8 Å². The van der Waals surface area contributed by atoms with E-state index in [1.165, 1.54) is 6.20 Å². The molecule has 2 aromatic carbocycles. The lowest BCUT2D eigenvalue weighted by Crippen LogP contribution is -2.34. The zero-order valence-corrected chi connectivity index (χ0v) is 22.4. The third-order valence-corrected chi connectivity index (χ3v) is 8.17. The Morgan fingerprint density at radius 2 is 2.15 bits per heavy atom.